The Morgan fingerprint density at radius 2 is 2.37 bits per heavy atom. The van der Waals surface area contributed by atoms with E-state index in [1.165, 1.54) is 6.08 Å². The van der Waals surface area contributed by atoms with Crippen molar-refractivity contribution in [3.63, 3.8) is 0 Å². The normalized spacial score (nSPS) is 34.6. The summed E-state index contributed by atoms with van der Waals surface area (Å²) in [5, 5.41) is 19.8. The van der Waals surface area contributed by atoms with Gasteiger partial charge in [-0.1, -0.05) is 18.2 Å². The van der Waals surface area contributed by atoms with Crippen LogP contribution in [0.2, 0.25) is 0 Å². The zero-order chi connectivity index (χ0) is 13.9. The second kappa shape index (κ2) is 5.69. The second-order valence-electron chi connectivity index (χ2n) is 4.68. The van der Waals surface area contributed by atoms with Gasteiger partial charge < -0.3 is 19.7 Å². The molecule has 2 aliphatic rings. The van der Waals surface area contributed by atoms with E-state index in [9.17, 15) is 15.0 Å². The van der Waals surface area contributed by atoms with E-state index in [2.05, 4.69) is 0 Å². The number of hydrogen-bond donors (Lipinski definition) is 2. The molecule has 5 nitrogen and oxygen atoms in total. The lowest BCUT2D eigenvalue weighted by Crippen LogP contribution is -2.43. The number of ether oxygens (including phenoxy) is 2. The van der Waals surface area contributed by atoms with Gasteiger partial charge in [-0.2, -0.15) is 0 Å². The number of aliphatic hydroxyl groups is 2. The zero-order valence-electron chi connectivity index (χ0n) is 10.8. The summed E-state index contributed by atoms with van der Waals surface area (Å²) < 4.78 is 10.3. The van der Waals surface area contributed by atoms with E-state index in [1.54, 1.807) is 18.2 Å². The first-order valence-electron chi connectivity index (χ1n) is 6.29. The fourth-order valence-corrected chi connectivity index (χ4v) is 2.26. The topological polar surface area (TPSA) is 76.0 Å². The third-order valence-electron chi connectivity index (χ3n) is 3.36. The Balaban J connectivity index is 1.98. The maximum Gasteiger partial charge on any atom is 0.331 e. The first-order chi connectivity index (χ1) is 9.06. The molecule has 2 rings (SSSR count). The summed E-state index contributed by atoms with van der Waals surface area (Å²) in [6.07, 6.45) is 7.37. The molecule has 2 N–H and O–H groups in total. The van der Waals surface area contributed by atoms with Crippen molar-refractivity contribution in [2.24, 2.45) is 0 Å². The minimum Gasteiger partial charge on any atom is -0.455 e. The van der Waals surface area contributed by atoms with Crippen LogP contribution >= 0.6 is 0 Å². The molecule has 0 aromatic carbocycles. The summed E-state index contributed by atoms with van der Waals surface area (Å²) in [7, 11) is 0. The fraction of sp³-hybridized carbons (Fsp3) is 0.500. The van der Waals surface area contributed by atoms with Crippen LogP contribution in [0.3, 0.4) is 0 Å². The number of carbonyl (C=O) groups is 1. The van der Waals surface area contributed by atoms with E-state index >= 15 is 0 Å². The Kier molecular flexibility index (Phi) is 4.19. The fourth-order valence-electron chi connectivity index (χ4n) is 2.26. The van der Waals surface area contributed by atoms with Crippen molar-refractivity contribution in [2.75, 3.05) is 6.61 Å². The van der Waals surface area contributed by atoms with Gasteiger partial charge in [0.2, 0.25) is 0 Å². The molecule has 1 heterocycles. The lowest BCUT2D eigenvalue weighted by Gasteiger charge is -2.32. The lowest BCUT2D eigenvalue weighted by molar-refractivity contribution is -0.161. The molecule has 0 amide bonds. The van der Waals surface area contributed by atoms with Crippen molar-refractivity contribution in [1.82, 2.24) is 0 Å². The quantitative estimate of drug-likeness (QED) is 0.342. The van der Waals surface area contributed by atoms with E-state index < -0.39 is 17.9 Å². The molecule has 19 heavy (non-hydrogen) atoms. The highest BCUT2D eigenvalue weighted by Crippen LogP contribution is 2.38. The molecule has 3 atom stereocenters. The number of hydrogen-bond acceptors (Lipinski definition) is 5. The van der Waals surface area contributed by atoms with Crippen LogP contribution in [0, 0.1) is 0 Å². The number of aliphatic hydroxyl groups excluding tert-OH is 1. The molecule has 104 valence electrons. The molecule has 0 saturated carbocycles. The van der Waals surface area contributed by atoms with Crippen molar-refractivity contribution in [3.8, 4) is 0 Å². The van der Waals surface area contributed by atoms with Crippen LogP contribution in [0.5, 0.6) is 0 Å². The summed E-state index contributed by atoms with van der Waals surface area (Å²) in [6, 6.07) is 0. The Hall–Kier alpha value is -1.43. The average molecular weight is 266 g/mol. The highest BCUT2D eigenvalue weighted by atomic mass is 16.6. The third-order valence-corrected chi connectivity index (χ3v) is 3.36. The maximum absolute atomic E-state index is 11.5. The van der Waals surface area contributed by atoms with Gasteiger partial charge in [-0.05, 0) is 31.4 Å². The van der Waals surface area contributed by atoms with Crippen LogP contribution < -0.4 is 0 Å². The average Bonchev–Trinajstić information content (AvgIpc) is 2.67. The standard InChI is InChI=1S/C14H18O5/c1-2-3-4-5-12(15)19-11-6-7-14(17)10(8-11)9-18-13(14)16/h2-5,8,11,13,16-17H,6-7,9H2,1H3/b3-2+,5-4+/t11-,13?,14-/m0/s1. The van der Waals surface area contributed by atoms with Crippen LogP contribution in [0.25, 0.3) is 0 Å². The number of allylic oxidation sites excluding steroid dienone is 3. The van der Waals surface area contributed by atoms with Gasteiger partial charge in [0.15, 0.2) is 6.29 Å². The largest absolute Gasteiger partial charge is 0.455 e. The van der Waals surface area contributed by atoms with Crippen molar-refractivity contribution in [3.05, 3.63) is 36.0 Å². The first kappa shape index (κ1) is 14.0. The van der Waals surface area contributed by atoms with Crippen LogP contribution in [-0.4, -0.2) is 40.8 Å². The molecule has 0 bridgehead atoms. The second-order valence-corrected chi connectivity index (χ2v) is 4.68. The first-order valence-corrected chi connectivity index (χ1v) is 6.29. The predicted molar refractivity (Wildman–Crippen MR) is 68.1 cm³/mol. The van der Waals surface area contributed by atoms with Gasteiger partial charge in [0.25, 0.3) is 0 Å². The number of esters is 1. The lowest BCUT2D eigenvalue weighted by atomic mass is 9.83. The summed E-state index contributed by atoms with van der Waals surface area (Å²) in [5.41, 5.74) is -0.731. The summed E-state index contributed by atoms with van der Waals surface area (Å²) >= 11 is 0. The van der Waals surface area contributed by atoms with E-state index in [4.69, 9.17) is 9.47 Å². The summed E-state index contributed by atoms with van der Waals surface area (Å²) in [6.45, 7) is 2.02. The van der Waals surface area contributed by atoms with Gasteiger partial charge >= 0.3 is 5.97 Å². The van der Waals surface area contributed by atoms with Crippen LogP contribution in [0.4, 0.5) is 0 Å². The molecule has 1 aliphatic heterocycles. The Morgan fingerprint density at radius 1 is 1.58 bits per heavy atom. The Bertz CT molecular complexity index is 437. The predicted octanol–water partition coefficient (Wildman–Crippen LogP) is 0.830. The Morgan fingerprint density at radius 3 is 3.11 bits per heavy atom. The smallest absolute Gasteiger partial charge is 0.331 e. The van der Waals surface area contributed by atoms with E-state index in [-0.39, 0.29) is 12.7 Å². The van der Waals surface area contributed by atoms with Gasteiger partial charge in [-0.3, -0.25) is 0 Å². The van der Waals surface area contributed by atoms with Gasteiger partial charge in [-0.15, -0.1) is 0 Å². The molecular formula is C14H18O5. The molecule has 5 heteroatoms. The molecule has 1 saturated heterocycles. The van der Waals surface area contributed by atoms with E-state index in [0.717, 1.165) is 0 Å². The molecule has 0 radical (unpaired) electrons. The minimum atomic E-state index is -1.32. The van der Waals surface area contributed by atoms with Crippen LogP contribution in [-0.2, 0) is 14.3 Å². The molecule has 0 aromatic heterocycles. The molecular weight excluding hydrogens is 248 g/mol. The maximum atomic E-state index is 11.5. The molecule has 0 aromatic rings. The minimum absolute atomic E-state index is 0.167. The van der Waals surface area contributed by atoms with Crippen LogP contribution in [0.1, 0.15) is 19.8 Å². The highest BCUT2D eigenvalue weighted by Gasteiger charge is 2.48. The van der Waals surface area contributed by atoms with Crippen molar-refractivity contribution < 1.29 is 24.5 Å². The van der Waals surface area contributed by atoms with E-state index in [0.29, 0.717) is 18.4 Å². The highest BCUT2D eigenvalue weighted by molar-refractivity contribution is 5.82. The monoisotopic (exact) mass is 266 g/mol. The van der Waals surface area contributed by atoms with Crippen molar-refractivity contribution in [2.45, 2.75) is 37.8 Å². The SMILES string of the molecule is C/C=C/C=C/C(=O)O[C@@H]1C=C2COC(O)[C@]2(O)CC1. The number of rotatable bonds is 3. The third kappa shape index (κ3) is 2.94. The van der Waals surface area contributed by atoms with Gasteiger partial charge in [0.1, 0.15) is 11.7 Å². The van der Waals surface area contributed by atoms with Crippen molar-refractivity contribution >= 4 is 5.97 Å². The van der Waals surface area contributed by atoms with Gasteiger partial charge in [-0.25, -0.2) is 4.79 Å². The summed E-state index contributed by atoms with van der Waals surface area (Å²) in [5.74, 6) is -0.426. The Labute approximate surface area is 111 Å². The number of fused-ring (bicyclic) bond motifs is 1. The number of carbonyl (C=O) groups excluding carboxylic acids is 1. The molecule has 1 aliphatic carbocycles. The van der Waals surface area contributed by atoms with Gasteiger partial charge in [0, 0.05) is 6.08 Å². The van der Waals surface area contributed by atoms with Crippen molar-refractivity contribution in [1.29, 1.82) is 0 Å². The van der Waals surface area contributed by atoms with E-state index in [1.807, 2.05) is 13.0 Å². The molecule has 0 spiro atoms. The zero-order valence-corrected chi connectivity index (χ0v) is 10.8. The summed E-state index contributed by atoms with van der Waals surface area (Å²) in [4.78, 5) is 11.5. The molecule has 1 unspecified atom stereocenters. The van der Waals surface area contributed by atoms with Crippen LogP contribution in [0.15, 0.2) is 36.0 Å². The van der Waals surface area contributed by atoms with Gasteiger partial charge in [0.05, 0.1) is 6.61 Å². The molecule has 1 fully saturated rings.